The number of aromatic nitrogens is 1. The quantitative estimate of drug-likeness (QED) is 0.661. The van der Waals surface area contributed by atoms with Crippen LogP contribution in [0.25, 0.3) is 11.3 Å². The van der Waals surface area contributed by atoms with Crippen LogP contribution in [0.15, 0.2) is 53.9 Å². The highest BCUT2D eigenvalue weighted by atomic mass is 32.1. The molecule has 6 heteroatoms. The third-order valence-electron chi connectivity index (χ3n) is 4.06. The Labute approximate surface area is 156 Å². The third kappa shape index (κ3) is 3.91. The molecule has 0 aliphatic heterocycles. The first kappa shape index (κ1) is 18.1. The van der Waals surface area contributed by atoms with E-state index in [1.54, 1.807) is 29.5 Å². The summed E-state index contributed by atoms with van der Waals surface area (Å²) in [6, 6.07) is 13.4. The van der Waals surface area contributed by atoms with Crippen LogP contribution in [0.1, 0.15) is 24.2 Å². The van der Waals surface area contributed by atoms with E-state index in [1.807, 2.05) is 23.6 Å². The van der Waals surface area contributed by atoms with E-state index in [9.17, 15) is 9.18 Å². The molecule has 3 aromatic rings. The zero-order chi connectivity index (χ0) is 18.5. The number of hydrogen-bond donors (Lipinski definition) is 1. The number of carbonyl (C=O) groups excluding carboxylic acids is 1. The van der Waals surface area contributed by atoms with Crippen molar-refractivity contribution in [3.63, 3.8) is 0 Å². The summed E-state index contributed by atoms with van der Waals surface area (Å²) in [4.78, 5) is 19.2. The SMILES string of the molecule is CCN(CC)c1nc(-c2cccc(NC(=O)c3ccccc3F)c2)cs1. The molecule has 134 valence electrons. The maximum absolute atomic E-state index is 13.8. The molecule has 0 saturated carbocycles. The van der Waals surface area contributed by atoms with Gasteiger partial charge in [-0.2, -0.15) is 0 Å². The van der Waals surface area contributed by atoms with E-state index in [-0.39, 0.29) is 5.56 Å². The van der Waals surface area contributed by atoms with Crippen LogP contribution in [0, 0.1) is 5.82 Å². The highest BCUT2D eigenvalue weighted by molar-refractivity contribution is 7.14. The smallest absolute Gasteiger partial charge is 0.258 e. The minimum absolute atomic E-state index is 0.0235. The molecule has 0 atom stereocenters. The average Bonchev–Trinajstić information content (AvgIpc) is 3.13. The lowest BCUT2D eigenvalue weighted by Gasteiger charge is -2.16. The molecule has 1 amide bonds. The van der Waals surface area contributed by atoms with Gasteiger partial charge in [0.25, 0.3) is 5.91 Å². The summed E-state index contributed by atoms with van der Waals surface area (Å²) in [5.74, 6) is -1.01. The maximum atomic E-state index is 13.8. The van der Waals surface area contributed by atoms with E-state index in [2.05, 4.69) is 29.0 Å². The van der Waals surface area contributed by atoms with Crippen molar-refractivity contribution in [1.82, 2.24) is 4.98 Å². The molecule has 1 aromatic heterocycles. The maximum Gasteiger partial charge on any atom is 0.258 e. The zero-order valence-corrected chi connectivity index (χ0v) is 15.5. The van der Waals surface area contributed by atoms with E-state index in [4.69, 9.17) is 0 Å². The largest absolute Gasteiger partial charge is 0.349 e. The van der Waals surface area contributed by atoms with Gasteiger partial charge in [-0.25, -0.2) is 9.37 Å². The molecule has 0 aliphatic carbocycles. The first-order chi connectivity index (χ1) is 12.6. The summed E-state index contributed by atoms with van der Waals surface area (Å²) in [7, 11) is 0. The molecule has 0 spiro atoms. The molecule has 2 aromatic carbocycles. The van der Waals surface area contributed by atoms with Gasteiger partial charge in [0.2, 0.25) is 0 Å². The van der Waals surface area contributed by atoms with E-state index in [0.717, 1.165) is 29.5 Å². The fourth-order valence-electron chi connectivity index (χ4n) is 2.64. The normalized spacial score (nSPS) is 10.6. The van der Waals surface area contributed by atoms with Gasteiger partial charge in [0.1, 0.15) is 5.82 Å². The second-order valence-electron chi connectivity index (χ2n) is 5.70. The van der Waals surface area contributed by atoms with E-state index in [1.165, 1.54) is 12.1 Å². The number of nitrogens with zero attached hydrogens (tertiary/aromatic N) is 2. The van der Waals surface area contributed by atoms with E-state index < -0.39 is 11.7 Å². The van der Waals surface area contributed by atoms with Gasteiger partial charge in [0.05, 0.1) is 11.3 Å². The lowest BCUT2D eigenvalue weighted by atomic mass is 10.1. The van der Waals surface area contributed by atoms with Gasteiger partial charge in [-0.3, -0.25) is 4.79 Å². The van der Waals surface area contributed by atoms with Crippen molar-refractivity contribution in [3.8, 4) is 11.3 Å². The van der Waals surface area contributed by atoms with Crippen LogP contribution in [0.5, 0.6) is 0 Å². The molecule has 0 aliphatic rings. The summed E-state index contributed by atoms with van der Waals surface area (Å²) in [6.45, 7) is 6.01. The molecule has 0 fully saturated rings. The molecule has 1 N–H and O–H groups in total. The Balaban J connectivity index is 1.81. The van der Waals surface area contributed by atoms with Crippen molar-refractivity contribution in [1.29, 1.82) is 0 Å². The van der Waals surface area contributed by atoms with Crippen molar-refractivity contribution in [2.24, 2.45) is 0 Å². The van der Waals surface area contributed by atoms with Gasteiger partial charge >= 0.3 is 0 Å². The fourth-order valence-corrected chi connectivity index (χ4v) is 3.60. The highest BCUT2D eigenvalue weighted by Gasteiger charge is 2.13. The minimum Gasteiger partial charge on any atom is -0.349 e. The van der Waals surface area contributed by atoms with Crippen LogP contribution in [0.3, 0.4) is 0 Å². The standard InChI is InChI=1S/C20H20FN3OS/c1-3-24(4-2)20-23-18(13-26-20)14-8-7-9-15(12-14)22-19(25)16-10-5-6-11-17(16)21/h5-13H,3-4H2,1-2H3,(H,22,25). The summed E-state index contributed by atoms with van der Waals surface area (Å²) >= 11 is 1.60. The Morgan fingerprint density at radius 3 is 2.65 bits per heavy atom. The van der Waals surface area contributed by atoms with E-state index in [0.29, 0.717) is 5.69 Å². The summed E-state index contributed by atoms with van der Waals surface area (Å²) in [5, 5.41) is 5.73. The molecule has 0 radical (unpaired) electrons. The molecule has 26 heavy (non-hydrogen) atoms. The highest BCUT2D eigenvalue weighted by Crippen LogP contribution is 2.29. The Bertz CT molecular complexity index is 905. The Hall–Kier alpha value is -2.73. The third-order valence-corrected chi connectivity index (χ3v) is 4.96. The second kappa shape index (κ2) is 8.10. The van der Waals surface area contributed by atoms with Crippen LogP contribution >= 0.6 is 11.3 Å². The van der Waals surface area contributed by atoms with Crippen LogP contribution < -0.4 is 10.2 Å². The van der Waals surface area contributed by atoms with Crippen molar-refractivity contribution < 1.29 is 9.18 Å². The monoisotopic (exact) mass is 369 g/mol. The second-order valence-corrected chi connectivity index (χ2v) is 6.54. The molecule has 3 rings (SSSR count). The molecule has 0 unspecified atom stereocenters. The number of benzene rings is 2. The van der Waals surface area contributed by atoms with Crippen LogP contribution in [-0.2, 0) is 0 Å². The predicted molar refractivity (Wildman–Crippen MR) is 105 cm³/mol. The minimum atomic E-state index is -0.537. The molecule has 4 nitrogen and oxygen atoms in total. The van der Waals surface area contributed by atoms with Gasteiger partial charge in [0, 0.05) is 29.7 Å². The summed E-state index contributed by atoms with van der Waals surface area (Å²) in [5.41, 5.74) is 2.40. The molecular weight excluding hydrogens is 349 g/mol. The number of thiazole rings is 1. The molecular formula is C20H20FN3OS. The number of anilines is 2. The first-order valence-corrected chi connectivity index (χ1v) is 9.37. The number of hydrogen-bond acceptors (Lipinski definition) is 4. The number of amides is 1. The van der Waals surface area contributed by atoms with Crippen LogP contribution in [-0.4, -0.2) is 24.0 Å². The number of carbonyl (C=O) groups is 1. The topological polar surface area (TPSA) is 45.2 Å². The van der Waals surface area contributed by atoms with Gasteiger partial charge in [-0.15, -0.1) is 11.3 Å². The molecule has 0 saturated heterocycles. The van der Waals surface area contributed by atoms with Gasteiger partial charge in [-0.1, -0.05) is 24.3 Å². The Morgan fingerprint density at radius 1 is 1.15 bits per heavy atom. The zero-order valence-electron chi connectivity index (χ0n) is 14.7. The average molecular weight is 369 g/mol. The first-order valence-electron chi connectivity index (χ1n) is 8.49. The van der Waals surface area contributed by atoms with Crippen molar-refractivity contribution in [2.45, 2.75) is 13.8 Å². The lowest BCUT2D eigenvalue weighted by molar-refractivity contribution is 0.102. The van der Waals surface area contributed by atoms with E-state index >= 15 is 0 Å². The van der Waals surface area contributed by atoms with Crippen molar-refractivity contribution >= 4 is 28.1 Å². The predicted octanol–water partition coefficient (Wildman–Crippen LogP) is 5.05. The Kier molecular flexibility index (Phi) is 5.63. The Morgan fingerprint density at radius 2 is 1.92 bits per heavy atom. The molecule has 1 heterocycles. The summed E-state index contributed by atoms with van der Waals surface area (Å²) in [6.07, 6.45) is 0. The molecule has 0 bridgehead atoms. The van der Waals surface area contributed by atoms with Crippen molar-refractivity contribution in [2.75, 3.05) is 23.3 Å². The lowest BCUT2D eigenvalue weighted by Crippen LogP contribution is -2.21. The van der Waals surface area contributed by atoms with Crippen molar-refractivity contribution in [3.05, 3.63) is 65.3 Å². The fraction of sp³-hybridized carbons (Fsp3) is 0.200. The van der Waals surface area contributed by atoms with Crippen LogP contribution in [0.4, 0.5) is 15.2 Å². The number of nitrogens with one attached hydrogen (secondary N) is 1. The summed E-state index contributed by atoms with van der Waals surface area (Å²) < 4.78 is 13.8. The van der Waals surface area contributed by atoms with Gasteiger partial charge in [0.15, 0.2) is 5.13 Å². The van der Waals surface area contributed by atoms with Crippen LogP contribution in [0.2, 0.25) is 0 Å². The van der Waals surface area contributed by atoms with Gasteiger partial charge in [-0.05, 0) is 38.1 Å². The van der Waals surface area contributed by atoms with Gasteiger partial charge < -0.3 is 10.2 Å². The number of halogens is 1. The number of rotatable bonds is 6.